The molecule has 10 nitrogen and oxygen atoms in total. The summed E-state index contributed by atoms with van der Waals surface area (Å²) in [5.74, 6) is -0.953. The summed E-state index contributed by atoms with van der Waals surface area (Å²) in [5, 5.41) is 34.1. The third-order valence-electron chi connectivity index (χ3n) is 1.81. The number of aliphatic carboxylic acids is 1. The van der Waals surface area contributed by atoms with Crippen LogP contribution in [0.15, 0.2) is 0 Å². The first-order valence-electron chi connectivity index (χ1n) is 5.94. The van der Waals surface area contributed by atoms with Crippen LogP contribution in [-0.4, -0.2) is 88.9 Å². The number of rotatable bonds is 8. The quantitative estimate of drug-likeness (QED) is 0.235. The number of aliphatic hydroxyl groups excluding tert-OH is 3. The number of nitrogens with zero attached hydrogens (tertiary/aromatic N) is 1. The van der Waals surface area contributed by atoms with Gasteiger partial charge < -0.3 is 39.2 Å². The molecule has 0 radical (unpaired) electrons. The molecule has 2 unspecified atom stereocenters. The minimum Gasteiger partial charge on any atom is -0.756 e. The van der Waals surface area contributed by atoms with E-state index in [0.717, 1.165) is 0 Å². The Morgan fingerprint density at radius 3 is 2.05 bits per heavy atom. The van der Waals surface area contributed by atoms with Crippen LogP contribution in [0.3, 0.4) is 0 Å². The van der Waals surface area contributed by atoms with Crippen LogP contribution in [0.5, 0.6) is 0 Å². The zero-order chi connectivity index (χ0) is 17.3. The van der Waals surface area contributed by atoms with Gasteiger partial charge in [0.15, 0.2) is 0 Å². The van der Waals surface area contributed by atoms with Gasteiger partial charge in [0, 0.05) is 0 Å². The van der Waals surface area contributed by atoms with E-state index in [1.54, 1.807) is 0 Å². The van der Waals surface area contributed by atoms with Gasteiger partial charge in [0.1, 0.15) is 18.8 Å². The van der Waals surface area contributed by atoms with Crippen LogP contribution in [0, 0.1) is 0 Å². The lowest BCUT2D eigenvalue weighted by Crippen LogP contribution is -2.42. The molecule has 0 fully saturated rings. The van der Waals surface area contributed by atoms with Gasteiger partial charge in [0.05, 0.1) is 40.8 Å². The molecule has 0 bridgehead atoms. The first kappa shape index (κ1) is 22.7. The van der Waals surface area contributed by atoms with E-state index in [1.807, 2.05) is 21.1 Å². The molecule has 0 aromatic rings. The van der Waals surface area contributed by atoms with Gasteiger partial charge >= 0.3 is 5.97 Å². The van der Waals surface area contributed by atoms with Crippen molar-refractivity contribution in [3.63, 3.8) is 0 Å². The summed E-state index contributed by atoms with van der Waals surface area (Å²) in [4.78, 5) is 27.9. The number of carboxylic acids is 1. The Morgan fingerprint density at radius 1 is 1.29 bits per heavy atom. The van der Waals surface area contributed by atoms with Crippen molar-refractivity contribution in [2.45, 2.75) is 18.6 Å². The van der Waals surface area contributed by atoms with Crippen molar-refractivity contribution in [1.29, 1.82) is 0 Å². The fourth-order valence-corrected chi connectivity index (χ4v) is 1.49. The van der Waals surface area contributed by atoms with Crippen molar-refractivity contribution in [3.05, 3.63) is 0 Å². The van der Waals surface area contributed by atoms with Crippen LogP contribution in [0.25, 0.3) is 0 Å². The Hall–Kier alpha value is -0.580. The van der Waals surface area contributed by atoms with Crippen LogP contribution in [0.2, 0.25) is 0 Å². The van der Waals surface area contributed by atoms with Crippen LogP contribution < -0.4 is 4.89 Å². The Morgan fingerprint density at radius 2 is 1.76 bits per heavy atom. The van der Waals surface area contributed by atoms with Gasteiger partial charge in [-0.05, 0) is 0 Å². The molecule has 5 N–H and O–H groups in total. The highest BCUT2D eigenvalue weighted by molar-refractivity contribution is 7.44. The summed E-state index contributed by atoms with van der Waals surface area (Å²) in [6.07, 6.45) is -2.20. The van der Waals surface area contributed by atoms with E-state index < -0.39 is 39.2 Å². The van der Waals surface area contributed by atoms with Gasteiger partial charge in [0.25, 0.3) is 7.82 Å². The second kappa shape index (κ2) is 10.2. The van der Waals surface area contributed by atoms with Gasteiger partial charge in [-0.1, -0.05) is 0 Å². The van der Waals surface area contributed by atoms with E-state index in [9.17, 15) is 14.3 Å². The standard InChI is InChI=1S/C7H15NO3.C3H9O6P/c1-8(2,3)5-6(9)4-7(10)11;4-1-3(5)2-9-10(6,7)8/h6,9H,4-5H2,1-3H3;3-5H,1-2H2,(H2,6,7,8)/t6-;/m1./s1. The zero-order valence-corrected chi connectivity index (χ0v) is 13.1. The van der Waals surface area contributed by atoms with E-state index >= 15 is 0 Å². The molecule has 128 valence electrons. The Kier molecular flexibility index (Phi) is 11.0. The van der Waals surface area contributed by atoms with Crippen molar-refractivity contribution in [2.24, 2.45) is 0 Å². The molecule has 0 aliphatic rings. The molecule has 0 amide bonds. The number of likely N-dealkylation sites (N-methyl/N-ethyl adjacent to an activating group) is 1. The predicted octanol–water partition coefficient (Wildman–Crippen LogP) is -2.65. The number of hydrogen-bond acceptors (Lipinski definition) is 7. The molecule has 21 heavy (non-hydrogen) atoms. The Bertz CT molecular complexity index is 338. The maximum Gasteiger partial charge on any atom is 0.306 e. The number of phosphoric ester groups is 1. The average Bonchev–Trinajstić information content (AvgIpc) is 2.21. The van der Waals surface area contributed by atoms with E-state index in [-0.39, 0.29) is 6.42 Å². The summed E-state index contributed by atoms with van der Waals surface area (Å²) in [6, 6.07) is 0. The van der Waals surface area contributed by atoms with E-state index in [1.165, 1.54) is 0 Å². The number of phosphoric acid groups is 1. The largest absolute Gasteiger partial charge is 0.756 e. The van der Waals surface area contributed by atoms with Crippen molar-refractivity contribution < 1.29 is 48.6 Å². The summed E-state index contributed by atoms with van der Waals surface area (Å²) >= 11 is 0. The van der Waals surface area contributed by atoms with E-state index in [4.69, 9.17) is 25.3 Å². The summed E-state index contributed by atoms with van der Waals surface area (Å²) < 4.78 is 14.1. The third-order valence-corrected chi connectivity index (χ3v) is 2.28. The third kappa shape index (κ3) is 21.9. The minimum absolute atomic E-state index is 0.171. The SMILES string of the molecule is C[N+](C)(C)C[C@H](O)CC(=O)O.O=P([O-])(O)OCC(O)CO. The zero-order valence-electron chi connectivity index (χ0n) is 12.2. The number of hydrogen-bond donors (Lipinski definition) is 5. The molecule has 0 heterocycles. The van der Waals surface area contributed by atoms with Crippen LogP contribution >= 0.6 is 7.82 Å². The average molecular weight is 333 g/mol. The summed E-state index contributed by atoms with van der Waals surface area (Å²) in [5.41, 5.74) is 0. The number of carbonyl (C=O) groups is 1. The number of aliphatic hydroxyl groups is 3. The maximum absolute atomic E-state index is 10.1. The van der Waals surface area contributed by atoms with Crippen LogP contribution in [-0.2, 0) is 13.9 Å². The van der Waals surface area contributed by atoms with Gasteiger partial charge in [0.2, 0.25) is 0 Å². The second-order valence-electron chi connectivity index (χ2n) is 5.33. The van der Waals surface area contributed by atoms with E-state index in [2.05, 4.69) is 4.52 Å². The number of quaternary nitrogens is 1. The number of carboxylic acid groups (broad SMARTS) is 1. The minimum atomic E-state index is -4.75. The van der Waals surface area contributed by atoms with E-state index in [0.29, 0.717) is 11.0 Å². The van der Waals surface area contributed by atoms with Gasteiger partial charge in [-0.25, -0.2) is 0 Å². The molecular formula is C10H24NO9P. The van der Waals surface area contributed by atoms with Crippen molar-refractivity contribution in [2.75, 3.05) is 40.9 Å². The highest BCUT2D eigenvalue weighted by Gasteiger charge is 2.17. The van der Waals surface area contributed by atoms with Crippen LogP contribution in [0.1, 0.15) is 6.42 Å². The predicted molar refractivity (Wildman–Crippen MR) is 70.0 cm³/mol. The Labute approximate surface area is 123 Å². The molecule has 0 saturated carbocycles. The lowest BCUT2D eigenvalue weighted by Gasteiger charge is -2.25. The summed E-state index contributed by atoms with van der Waals surface area (Å²) in [7, 11) is 0.970. The smallest absolute Gasteiger partial charge is 0.306 e. The summed E-state index contributed by atoms with van der Waals surface area (Å²) in [6.45, 7) is -0.778. The molecule has 0 spiro atoms. The normalized spacial score (nSPS) is 17.1. The van der Waals surface area contributed by atoms with Gasteiger partial charge in [-0.15, -0.1) is 0 Å². The molecular weight excluding hydrogens is 309 g/mol. The second-order valence-corrected chi connectivity index (χ2v) is 6.52. The van der Waals surface area contributed by atoms with Crippen molar-refractivity contribution in [1.82, 2.24) is 0 Å². The fourth-order valence-electron chi connectivity index (χ4n) is 1.13. The monoisotopic (exact) mass is 333 g/mol. The first-order chi connectivity index (χ1) is 9.26. The molecule has 0 aromatic heterocycles. The highest BCUT2D eigenvalue weighted by Crippen LogP contribution is 2.29. The van der Waals surface area contributed by atoms with Crippen LogP contribution in [0.4, 0.5) is 0 Å². The maximum atomic E-state index is 10.1. The highest BCUT2D eigenvalue weighted by atomic mass is 31.2. The lowest BCUT2D eigenvalue weighted by atomic mass is 10.2. The molecule has 0 saturated heterocycles. The van der Waals surface area contributed by atoms with Crippen molar-refractivity contribution in [3.8, 4) is 0 Å². The lowest BCUT2D eigenvalue weighted by molar-refractivity contribution is -0.873. The van der Waals surface area contributed by atoms with Crippen molar-refractivity contribution >= 4 is 13.8 Å². The molecule has 3 atom stereocenters. The first-order valence-corrected chi connectivity index (χ1v) is 7.44. The topological polar surface area (TPSA) is 168 Å². The Balaban J connectivity index is 0. The molecule has 0 rings (SSSR count). The molecule has 0 aliphatic heterocycles. The molecule has 0 aliphatic carbocycles. The van der Waals surface area contributed by atoms with Gasteiger partial charge in [-0.2, -0.15) is 0 Å². The van der Waals surface area contributed by atoms with Gasteiger partial charge in [-0.3, -0.25) is 9.36 Å². The molecule has 11 heteroatoms. The molecule has 0 aromatic carbocycles. The fraction of sp³-hybridized carbons (Fsp3) is 0.900.